The first-order valence-corrected chi connectivity index (χ1v) is 8.76. The number of anilines is 2. The van der Waals surface area contributed by atoms with Gasteiger partial charge < -0.3 is 15.3 Å². The molecule has 1 atom stereocenters. The van der Waals surface area contributed by atoms with Gasteiger partial charge in [0.05, 0.1) is 12.6 Å². The Kier molecular flexibility index (Phi) is 6.59. The first-order chi connectivity index (χ1) is 11.9. The molecule has 4 heteroatoms. The highest BCUT2D eigenvalue weighted by Crippen LogP contribution is 2.22. The molecule has 25 heavy (non-hydrogen) atoms. The molecular formula is C21H28N2O2. The number of aryl methyl sites for hydroxylation is 3. The van der Waals surface area contributed by atoms with Gasteiger partial charge in [-0.2, -0.15) is 0 Å². The van der Waals surface area contributed by atoms with Crippen molar-refractivity contribution in [1.82, 2.24) is 0 Å². The largest absolute Gasteiger partial charge is 0.391 e. The number of hydrogen-bond donors (Lipinski definition) is 2. The van der Waals surface area contributed by atoms with E-state index in [0.29, 0.717) is 13.0 Å². The van der Waals surface area contributed by atoms with Crippen LogP contribution in [0.5, 0.6) is 0 Å². The topological polar surface area (TPSA) is 52.6 Å². The average Bonchev–Trinajstić information content (AvgIpc) is 2.58. The summed E-state index contributed by atoms with van der Waals surface area (Å²) in [6, 6.07) is 13.9. The number of carbonyl (C=O) groups is 1. The number of para-hydroxylation sites is 1. The predicted molar refractivity (Wildman–Crippen MR) is 104 cm³/mol. The van der Waals surface area contributed by atoms with Gasteiger partial charge in [0.2, 0.25) is 5.91 Å². The second-order valence-electron chi connectivity index (χ2n) is 6.60. The molecule has 0 aromatic heterocycles. The predicted octanol–water partition coefficient (Wildman–Crippen LogP) is 3.83. The number of benzene rings is 2. The van der Waals surface area contributed by atoms with Gasteiger partial charge in [-0.3, -0.25) is 4.79 Å². The zero-order valence-corrected chi connectivity index (χ0v) is 15.5. The van der Waals surface area contributed by atoms with Crippen LogP contribution in [0.25, 0.3) is 0 Å². The summed E-state index contributed by atoms with van der Waals surface area (Å²) in [5.74, 6) is -0.0813. The third-order valence-electron chi connectivity index (χ3n) is 4.30. The molecule has 0 bridgehead atoms. The minimum atomic E-state index is -0.462. The fourth-order valence-corrected chi connectivity index (χ4v) is 3.01. The highest BCUT2D eigenvalue weighted by atomic mass is 16.3. The minimum absolute atomic E-state index is 0.0813. The summed E-state index contributed by atoms with van der Waals surface area (Å²) in [4.78, 5) is 14.5. The normalized spacial score (nSPS) is 11.9. The molecule has 0 heterocycles. The van der Waals surface area contributed by atoms with E-state index in [1.165, 1.54) is 5.56 Å². The van der Waals surface area contributed by atoms with Crippen molar-refractivity contribution in [2.45, 2.75) is 40.2 Å². The van der Waals surface area contributed by atoms with Crippen molar-refractivity contribution in [2.24, 2.45) is 0 Å². The van der Waals surface area contributed by atoms with E-state index in [1.54, 1.807) is 0 Å². The van der Waals surface area contributed by atoms with E-state index in [0.717, 1.165) is 22.5 Å². The lowest BCUT2D eigenvalue weighted by atomic mass is 10.1. The maximum Gasteiger partial charge on any atom is 0.243 e. The standard InChI is InChI=1S/C21H28N2O2/c1-5-19(24)13-23(18-9-7-6-8-10-18)14-20(25)22-21-16(3)11-15(2)12-17(21)4/h6-12,19,24H,5,13-14H2,1-4H3,(H,22,25). The van der Waals surface area contributed by atoms with Crippen LogP contribution in [0.4, 0.5) is 11.4 Å². The molecule has 0 saturated carbocycles. The summed E-state index contributed by atoms with van der Waals surface area (Å²) in [6.07, 6.45) is 0.192. The van der Waals surface area contributed by atoms with E-state index < -0.39 is 6.10 Å². The molecule has 0 aliphatic heterocycles. The molecule has 2 aromatic rings. The second kappa shape index (κ2) is 8.67. The van der Waals surface area contributed by atoms with Crippen LogP contribution in [0.2, 0.25) is 0 Å². The molecule has 2 aromatic carbocycles. The van der Waals surface area contributed by atoms with Crippen molar-refractivity contribution in [3.05, 3.63) is 59.2 Å². The van der Waals surface area contributed by atoms with Crippen LogP contribution in [0.1, 0.15) is 30.0 Å². The third kappa shape index (κ3) is 5.33. The molecular weight excluding hydrogens is 312 g/mol. The van der Waals surface area contributed by atoms with Crippen LogP contribution >= 0.6 is 0 Å². The molecule has 4 nitrogen and oxygen atoms in total. The molecule has 2 N–H and O–H groups in total. The monoisotopic (exact) mass is 340 g/mol. The Hall–Kier alpha value is -2.33. The molecule has 0 radical (unpaired) electrons. The van der Waals surface area contributed by atoms with E-state index in [-0.39, 0.29) is 12.5 Å². The first-order valence-electron chi connectivity index (χ1n) is 8.76. The van der Waals surface area contributed by atoms with Crippen molar-refractivity contribution in [3.8, 4) is 0 Å². The van der Waals surface area contributed by atoms with Crippen LogP contribution < -0.4 is 10.2 Å². The summed E-state index contributed by atoms with van der Waals surface area (Å²) in [5.41, 5.74) is 5.11. The van der Waals surface area contributed by atoms with Crippen LogP contribution in [0.15, 0.2) is 42.5 Å². The van der Waals surface area contributed by atoms with Gasteiger partial charge in [0, 0.05) is 17.9 Å². The fourth-order valence-electron chi connectivity index (χ4n) is 3.01. The fraction of sp³-hybridized carbons (Fsp3) is 0.381. The van der Waals surface area contributed by atoms with Gasteiger partial charge in [-0.1, -0.05) is 42.8 Å². The zero-order valence-electron chi connectivity index (χ0n) is 15.5. The summed E-state index contributed by atoms with van der Waals surface area (Å²) in [6.45, 7) is 8.63. The number of carbonyl (C=O) groups excluding carboxylic acids is 1. The van der Waals surface area contributed by atoms with Gasteiger partial charge in [0.15, 0.2) is 0 Å². The van der Waals surface area contributed by atoms with Gasteiger partial charge >= 0.3 is 0 Å². The number of hydrogen-bond acceptors (Lipinski definition) is 3. The summed E-state index contributed by atoms with van der Waals surface area (Å²) < 4.78 is 0. The molecule has 2 rings (SSSR count). The van der Waals surface area contributed by atoms with Gasteiger partial charge in [-0.05, 0) is 50.5 Å². The molecule has 1 amide bonds. The molecule has 0 aliphatic rings. The molecule has 0 saturated heterocycles. The smallest absolute Gasteiger partial charge is 0.243 e. The number of aliphatic hydroxyl groups excluding tert-OH is 1. The molecule has 0 fully saturated rings. The van der Waals surface area contributed by atoms with Crippen molar-refractivity contribution in [3.63, 3.8) is 0 Å². The van der Waals surface area contributed by atoms with Crippen molar-refractivity contribution >= 4 is 17.3 Å². The van der Waals surface area contributed by atoms with Crippen molar-refractivity contribution in [1.29, 1.82) is 0 Å². The van der Waals surface area contributed by atoms with Crippen molar-refractivity contribution < 1.29 is 9.90 Å². The summed E-state index contributed by atoms with van der Waals surface area (Å²) in [5, 5.41) is 13.1. The summed E-state index contributed by atoms with van der Waals surface area (Å²) in [7, 11) is 0. The molecule has 0 aliphatic carbocycles. The van der Waals surface area contributed by atoms with E-state index in [9.17, 15) is 9.90 Å². The van der Waals surface area contributed by atoms with E-state index in [2.05, 4.69) is 24.4 Å². The Morgan fingerprint density at radius 3 is 2.28 bits per heavy atom. The SMILES string of the molecule is CCC(O)CN(CC(=O)Nc1c(C)cc(C)cc1C)c1ccccc1. The minimum Gasteiger partial charge on any atom is -0.391 e. The number of aliphatic hydroxyl groups is 1. The van der Waals surface area contributed by atoms with Crippen LogP contribution in [0, 0.1) is 20.8 Å². The van der Waals surface area contributed by atoms with Crippen LogP contribution in [-0.4, -0.2) is 30.2 Å². The quantitative estimate of drug-likeness (QED) is 0.805. The Morgan fingerprint density at radius 1 is 1.12 bits per heavy atom. The van der Waals surface area contributed by atoms with E-state index in [4.69, 9.17) is 0 Å². The zero-order chi connectivity index (χ0) is 18.4. The van der Waals surface area contributed by atoms with Crippen LogP contribution in [0.3, 0.4) is 0 Å². The van der Waals surface area contributed by atoms with Crippen molar-refractivity contribution in [2.75, 3.05) is 23.3 Å². The van der Waals surface area contributed by atoms with Gasteiger partial charge in [-0.15, -0.1) is 0 Å². The molecule has 0 spiro atoms. The summed E-state index contributed by atoms with van der Waals surface area (Å²) >= 11 is 0. The van der Waals surface area contributed by atoms with Gasteiger partial charge in [0.1, 0.15) is 0 Å². The Morgan fingerprint density at radius 2 is 1.72 bits per heavy atom. The number of rotatable bonds is 7. The number of amides is 1. The maximum absolute atomic E-state index is 12.6. The van der Waals surface area contributed by atoms with E-state index in [1.807, 2.05) is 56.0 Å². The van der Waals surface area contributed by atoms with E-state index >= 15 is 0 Å². The number of nitrogens with zero attached hydrogens (tertiary/aromatic N) is 1. The number of nitrogens with one attached hydrogen (secondary N) is 1. The lowest BCUT2D eigenvalue weighted by molar-refractivity contribution is -0.115. The van der Waals surface area contributed by atoms with Gasteiger partial charge in [-0.25, -0.2) is 0 Å². The average molecular weight is 340 g/mol. The van der Waals surface area contributed by atoms with Crippen LogP contribution in [-0.2, 0) is 4.79 Å². The Balaban J connectivity index is 2.14. The van der Waals surface area contributed by atoms with Gasteiger partial charge in [0.25, 0.3) is 0 Å². The lowest BCUT2D eigenvalue weighted by Crippen LogP contribution is -2.38. The first kappa shape index (κ1) is 19.0. The third-order valence-corrected chi connectivity index (χ3v) is 4.30. The highest BCUT2D eigenvalue weighted by molar-refractivity contribution is 5.95. The Bertz CT molecular complexity index is 690. The molecule has 1 unspecified atom stereocenters. The second-order valence-corrected chi connectivity index (χ2v) is 6.60. The lowest BCUT2D eigenvalue weighted by Gasteiger charge is -2.26. The Labute approximate surface area is 150 Å². The highest BCUT2D eigenvalue weighted by Gasteiger charge is 2.16. The molecule has 134 valence electrons. The maximum atomic E-state index is 12.6.